The van der Waals surface area contributed by atoms with Crippen LogP contribution in [0.15, 0.2) is 36.4 Å². The molecule has 0 radical (unpaired) electrons. The first kappa shape index (κ1) is 8.08. The van der Waals surface area contributed by atoms with Gasteiger partial charge in [-0.15, -0.1) is 0 Å². The molecule has 0 saturated carbocycles. The first-order valence-electron chi connectivity index (χ1n) is 4.34. The van der Waals surface area contributed by atoms with Gasteiger partial charge < -0.3 is 11.1 Å². The van der Waals surface area contributed by atoms with Crippen molar-refractivity contribution in [1.29, 1.82) is 0 Å². The van der Waals surface area contributed by atoms with Gasteiger partial charge in [-0.05, 0) is 18.2 Å². The van der Waals surface area contributed by atoms with Gasteiger partial charge in [-0.1, -0.05) is 18.2 Å². The molecule has 0 spiro atoms. The Morgan fingerprint density at radius 2 is 1.69 bits per heavy atom. The number of quaternary nitrogens is 1. The maximum absolute atomic E-state index is 4.00. The normalized spacial score (nSPS) is 10.3. The van der Waals surface area contributed by atoms with Gasteiger partial charge in [0.2, 0.25) is 0 Å². The Kier molecular flexibility index (Phi) is 1.91. The van der Waals surface area contributed by atoms with E-state index in [4.69, 9.17) is 0 Å². The average Bonchev–Trinajstić information content (AvgIpc) is 2.18. The van der Waals surface area contributed by atoms with Crippen molar-refractivity contribution in [3.8, 4) is 0 Å². The fraction of sp³-hybridized carbons (Fsp3) is 0.0909. The lowest BCUT2D eigenvalue weighted by atomic mass is 10.1. The second-order valence-corrected chi connectivity index (χ2v) is 3.07. The monoisotopic (exact) mass is 173 g/mol. The number of hydrogen-bond acceptors (Lipinski definition) is 1. The molecule has 2 aromatic rings. The van der Waals surface area contributed by atoms with Crippen LogP contribution in [0, 0.1) is 0 Å². The Labute approximate surface area is 77.4 Å². The summed E-state index contributed by atoms with van der Waals surface area (Å²) in [6, 6.07) is 12.4. The maximum atomic E-state index is 4.00. The maximum Gasteiger partial charge on any atom is 0.135 e. The molecule has 0 heterocycles. The quantitative estimate of drug-likeness (QED) is 0.677. The molecule has 0 aromatic heterocycles. The highest BCUT2D eigenvalue weighted by Crippen LogP contribution is 2.25. The van der Waals surface area contributed by atoms with Crippen LogP contribution in [0.5, 0.6) is 0 Å². The zero-order valence-electron chi connectivity index (χ0n) is 7.67. The molecule has 0 amide bonds. The molecule has 2 heteroatoms. The minimum absolute atomic E-state index is 1.08. The Morgan fingerprint density at radius 3 is 2.46 bits per heavy atom. The molecule has 0 aliphatic rings. The van der Waals surface area contributed by atoms with Crippen LogP contribution in [0.4, 0.5) is 11.4 Å². The number of nitrogens with one attached hydrogen (secondary N) is 1. The first-order valence-corrected chi connectivity index (χ1v) is 4.34. The van der Waals surface area contributed by atoms with Crippen molar-refractivity contribution in [2.75, 3.05) is 12.4 Å². The predicted octanol–water partition coefficient (Wildman–Crippen LogP) is 1.75. The van der Waals surface area contributed by atoms with E-state index >= 15 is 0 Å². The molecule has 4 N–H and O–H groups in total. The van der Waals surface area contributed by atoms with Crippen LogP contribution in [0.1, 0.15) is 0 Å². The van der Waals surface area contributed by atoms with Gasteiger partial charge in [0.25, 0.3) is 0 Å². The summed E-state index contributed by atoms with van der Waals surface area (Å²) in [5.74, 6) is 0. The van der Waals surface area contributed by atoms with Crippen molar-refractivity contribution in [2.45, 2.75) is 0 Å². The molecular weight excluding hydrogens is 160 g/mol. The molecule has 0 bridgehead atoms. The van der Waals surface area contributed by atoms with E-state index in [1.165, 1.54) is 10.8 Å². The Morgan fingerprint density at radius 1 is 1.00 bits per heavy atom. The van der Waals surface area contributed by atoms with Gasteiger partial charge in [0.05, 0.1) is 0 Å². The lowest BCUT2D eigenvalue weighted by molar-refractivity contribution is -0.252. The third kappa shape index (κ3) is 1.25. The third-order valence-electron chi connectivity index (χ3n) is 2.28. The molecular formula is C11H13N2+. The highest BCUT2D eigenvalue weighted by Gasteiger charge is 2.02. The van der Waals surface area contributed by atoms with Crippen LogP contribution >= 0.6 is 0 Å². The second kappa shape index (κ2) is 3.07. The molecule has 0 atom stereocenters. The first-order chi connectivity index (χ1) is 6.33. The minimum Gasteiger partial charge on any atom is -0.388 e. The van der Waals surface area contributed by atoms with Crippen molar-refractivity contribution in [3.63, 3.8) is 0 Å². The largest absolute Gasteiger partial charge is 0.388 e. The SMILES string of the molecule is CNc1cccc2c([NH3+])cccc12. The lowest BCUT2D eigenvalue weighted by Gasteiger charge is -2.05. The van der Waals surface area contributed by atoms with Gasteiger partial charge in [0, 0.05) is 23.5 Å². The Hall–Kier alpha value is -1.54. The molecule has 2 rings (SSSR count). The summed E-state index contributed by atoms with van der Waals surface area (Å²) in [5.41, 5.74) is 6.23. The van der Waals surface area contributed by atoms with Crippen LogP contribution in [-0.4, -0.2) is 7.05 Å². The summed E-state index contributed by atoms with van der Waals surface area (Å²) in [6.07, 6.45) is 0. The minimum atomic E-state index is 1.08. The molecule has 0 unspecified atom stereocenters. The van der Waals surface area contributed by atoms with Crippen LogP contribution in [0.3, 0.4) is 0 Å². The number of fused-ring (bicyclic) bond motifs is 1. The van der Waals surface area contributed by atoms with E-state index in [9.17, 15) is 0 Å². The summed E-state index contributed by atoms with van der Waals surface area (Å²) in [5, 5.41) is 5.62. The zero-order chi connectivity index (χ0) is 9.26. The van der Waals surface area contributed by atoms with Crippen molar-refractivity contribution in [1.82, 2.24) is 0 Å². The molecule has 0 aliphatic heterocycles. The van der Waals surface area contributed by atoms with Crippen molar-refractivity contribution in [2.24, 2.45) is 0 Å². The van der Waals surface area contributed by atoms with Gasteiger partial charge in [0.1, 0.15) is 5.69 Å². The van der Waals surface area contributed by atoms with E-state index in [-0.39, 0.29) is 0 Å². The molecule has 66 valence electrons. The fourth-order valence-corrected chi connectivity index (χ4v) is 1.59. The molecule has 2 aromatic carbocycles. The van der Waals surface area contributed by atoms with E-state index in [1.54, 1.807) is 0 Å². The van der Waals surface area contributed by atoms with Gasteiger partial charge in [-0.3, -0.25) is 0 Å². The predicted molar refractivity (Wildman–Crippen MR) is 56.0 cm³/mol. The van der Waals surface area contributed by atoms with E-state index < -0.39 is 0 Å². The van der Waals surface area contributed by atoms with Gasteiger partial charge >= 0.3 is 0 Å². The zero-order valence-corrected chi connectivity index (χ0v) is 7.67. The number of hydrogen-bond donors (Lipinski definition) is 2. The van der Waals surface area contributed by atoms with Crippen molar-refractivity contribution < 1.29 is 5.73 Å². The molecule has 0 saturated heterocycles. The van der Waals surface area contributed by atoms with Gasteiger partial charge in [0.15, 0.2) is 0 Å². The lowest BCUT2D eigenvalue weighted by Crippen LogP contribution is -2.40. The van der Waals surface area contributed by atoms with E-state index in [1.807, 2.05) is 25.2 Å². The average molecular weight is 173 g/mol. The van der Waals surface area contributed by atoms with Crippen LogP contribution in [0.2, 0.25) is 0 Å². The van der Waals surface area contributed by atoms with Crippen LogP contribution in [-0.2, 0) is 0 Å². The second-order valence-electron chi connectivity index (χ2n) is 3.07. The van der Waals surface area contributed by atoms with E-state index in [2.05, 4.69) is 29.2 Å². The number of rotatable bonds is 1. The summed E-state index contributed by atoms with van der Waals surface area (Å²) in [4.78, 5) is 0. The molecule has 0 aliphatic carbocycles. The number of benzene rings is 2. The van der Waals surface area contributed by atoms with E-state index in [0.717, 1.165) is 11.4 Å². The van der Waals surface area contributed by atoms with Gasteiger partial charge in [-0.25, -0.2) is 0 Å². The van der Waals surface area contributed by atoms with E-state index in [0.29, 0.717) is 0 Å². The van der Waals surface area contributed by atoms with Crippen molar-refractivity contribution in [3.05, 3.63) is 36.4 Å². The summed E-state index contributed by atoms with van der Waals surface area (Å²) in [6.45, 7) is 0. The van der Waals surface area contributed by atoms with Crippen molar-refractivity contribution >= 4 is 22.1 Å². The summed E-state index contributed by atoms with van der Waals surface area (Å²) < 4.78 is 0. The van der Waals surface area contributed by atoms with Crippen LogP contribution < -0.4 is 11.1 Å². The summed E-state index contributed by atoms with van der Waals surface area (Å²) in [7, 11) is 1.94. The highest BCUT2D eigenvalue weighted by molar-refractivity contribution is 5.98. The van der Waals surface area contributed by atoms with Crippen LogP contribution in [0.25, 0.3) is 10.8 Å². The third-order valence-corrected chi connectivity index (χ3v) is 2.28. The smallest absolute Gasteiger partial charge is 0.135 e. The molecule has 2 nitrogen and oxygen atoms in total. The topological polar surface area (TPSA) is 39.7 Å². The Bertz CT molecular complexity index is 435. The number of anilines is 1. The van der Waals surface area contributed by atoms with Gasteiger partial charge in [-0.2, -0.15) is 0 Å². The standard InChI is InChI=1S/C11H12N2/c1-13-11-7-3-4-8-9(11)5-2-6-10(8)12/h2-7,13H,12H2,1H3/p+1. The Balaban J connectivity index is 2.84. The highest BCUT2D eigenvalue weighted by atomic mass is 14.8. The fourth-order valence-electron chi connectivity index (χ4n) is 1.59. The summed E-state index contributed by atoms with van der Waals surface area (Å²) >= 11 is 0. The molecule has 13 heavy (non-hydrogen) atoms. The molecule has 0 fully saturated rings.